The predicted molar refractivity (Wildman–Crippen MR) is 93.7 cm³/mol. The molecule has 1 atom stereocenters. The molecule has 0 amide bonds. The number of ketones is 2. The van der Waals surface area contributed by atoms with E-state index in [-0.39, 0.29) is 22.6 Å². The van der Waals surface area contributed by atoms with Gasteiger partial charge < -0.3 is 0 Å². The van der Waals surface area contributed by atoms with Crippen molar-refractivity contribution in [3.63, 3.8) is 0 Å². The van der Waals surface area contributed by atoms with Gasteiger partial charge in [0.15, 0.2) is 15.9 Å². The first-order chi connectivity index (χ1) is 11.7. The highest BCUT2D eigenvalue weighted by Gasteiger charge is 2.58. The number of Topliss-reactive ketones (excluding diaryl/α,β-unsaturated/α-hetero) is 1. The smallest absolute Gasteiger partial charge is 0.292 e. The molecule has 0 spiro atoms. The van der Waals surface area contributed by atoms with Crippen molar-refractivity contribution in [2.24, 2.45) is 0 Å². The Balaban J connectivity index is 2.53. The molecule has 2 aromatic rings. The van der Waals surface area contributed by atoms with E-state index < -0.39 is 28.5 Å². The molecule has 0 radical (unpaired) electrons. The number of hydrogen-bond acceptors (Lipinski definition) is 2. The average Bonchev–Trinajstić information content (AvgIpc) is 2.60. The molecule has 0 aliphatic heterocycles. The van der Waals surface area contributed by atoms with E-state index in [1.165, 1.54) is 36.4 Å². The van der Waals surface area contributed by atoms with E-state index in [0.29, 0.717) is 0 Å². The second kappa shape index (κ2) is 7.70. The summed E-state index contributed by atoms with van der Waals surface area (Å²) >= 11 is 8.01. The van der Waals surface area contributed by atoms with Crippen molar-refractivity contribution < 1.29 is 22.8 Å². The zero-order valence-electron chi connectivity index (χ0n) is 12.8. The summed E-state index contributed by atoms with van der Waals surface area (Å²) < 4.78 is 37.6. The summed E-state index contributed by atoms with van der Waals surface area (Å²) in [5, 5.41) is 0. The fourth-order valence-electron chi connectivity index (χ4n) is 2.35. The summed E-state index contributed by atoms with van der Waals surface area (Å²) in [6.45, 7) is 0. The molecule has 0 aliphatic rings. The number of alkyl halides is 5. The molecule has 0 saturated carbocycles. The topological polar surface area (TPSA) is 34.1 Å². The molecule has 0 saturated heterocycles. The van der Waals surface area contributed by atoms with Crippen LogP contribution >= 0.6 is 27.5 Å². The number of halogens is 5. The van der Waals surface area contributed by atoms with Crippen molar-refractivity contribution in [2.75, 3.05) is 5.88 Å². The lowest BCUT2D eigenvalue weighted by molar-refractivity contribution is -0.146. The molecule has 25 heavy (non-hydrogen) atoms. The van der Waals surface area contributed by atoms with Gasteiger partial charge in [-0.3, -0.25) is 9.59 Å². The molecule has 132 valence electrons. The summed E-state index contributed by atoms with van der Waals surface area (Å²) in [6.07, 6.45) is -5.51. The van der Waals surface area contributed by atoms with Gasteiger partial charge in [-0.15, -0.1) is 11.6 Å². The van der Waals surface area contributed by atoms with Crippen LogP contribution in [0, 0.1) is 0 Å². The van der Waals surface area contributed by atoms with E-state index in [9.17, 15) is 22.8 Å². The summed E-state index contributed by atoms with van der Waals surface area (Å²) in [5.74, 6) is -2.13. The third-order valence-electron chi connectivity index (χ3n) is 3.70. The lowest BCUT2D eigenvalue weighted by Crippen LogP contribution is -2.47. The summed E-state index contributed by atoms with van der Waals surface area (Å²) in [6, 6.07) is 13.5. The van der Waals surface area contributed by atoms with Crippen LogP contribution in [0.1, 0.15) is 32.7 Å². The van der Waals surface area contributed by atoms with E-state index in [2.05, 4.69) is 15.9 Å². The largest absolute Gasteiger partial charge is 0.411 e. The lowest BCUT2D eigenvalue weighted by Gasteiger charge is -2.28. The first-order valence-electron chi connectivity index (χ1n) is 7.27. The van der Waals surface area contributed by atoms with Crippen LogP contribution in [-0.2, 0) is 0 Å². The van der Waals surface area contributed by atoms with Crippen LogP contribution in [-0.4, -0.2) is 27.9 Å². The van der Waals surface area contributed by atoms with Crippen LogP contribution in [0.25, 0.3) is 0 Å². The highest BCUT2D eigenvalue weighted by atomic mass is 79.9. The monoisotopic (exact) mass is 432 g/mol. The van der Waals surface area contributed by atoms with Gasteiger partial charge in [0.2, 0.25) is 0 Å². The van der Waals surface area contributed by atoms with Crippen molar-refractivity contribution in [1.29, 1.82) is 0 Å². The number of carbonyl (C=O) groups is 2. The van der Waals surface area contributed by atoms with Crippen molar-refractivity contribution in [1.82, 2.24) is 0 Å². The quantitative estimate of drug-likeness (QED) is 0.450. The van der Waals surface area contributed by atoms with Crippen LogP contribution in [0.15, 0.2) is 54.6 Å². The molecular formula is C18H13BrClF3O2. The maximum Gasteiger partial charge on any atom is 0.411 e. The molecule has 0 heterocycles. The fourth-order valence-corrected chi connectivity index (χ4v) is 3.28. The lowest BCUT2D eigenvalue weighted by atomic mass is 9.89. The van der Waals surface area contributed by atoms with Gasteiger partial charge in [0.25, 0.3) is 0 Å². The van der Waals surface area contributed by atoms with Gasteiger partial charge >= 0.3 is 6.18 Å². The van der Waals surface area contributed by atoms with Gasteiger partial charge in [-0.1, -0.05) is 70.5 Å². The van der Waals surface area contributed by atoms with E-state index in [4.69, 9.17) is 11.6 Å². The van der Waals surface area contributed by atoms with E-state index in [1.807, 2.05) is 0 Å². The summed E-state index contributed by atoms with van der Waals surface area (Å²) in [4.78, 5) is 25.3. The Labute approximate surface area is 156 Å². The molecule has 2 aromatic carbocycles. The first-order valence-corrected chi connectivity index (χ1v) is 8.60. The Hall–Kier alpha value is -1.66. The van der Waals surface area contributed by atoms with Crippen LogP contribution in [0.2, 0.25) is 0 Å². The third kappa shape index (κ3) is 3.96. The van der Waals surface area contributed by atoms with Gasteiger partial charge in [0, 0.05) is 22.6 Å². The molecular weight excluding hydrogens is 421 g/mol. The fraction of sp³-hybridized carbons (Fsp3) is 0.222. The molecule has 7 heteroatoms. The predicted octanol–water partition coefficient (Wildman–Crippen LogP) is 5.43. The maximum absolute atomic E-state index is 13.5. The Morgan fingerprint density at radius 2 is 1.44 bits per heavy atom. The van der Waals surface area contributed by atoms with Crippen LogP contribution in [0.5, 0.6) is 0 Å². The molecule has 0 bridgehead atoms. The standard InChI is InChI=1S/C18H13BrClF3O2/c19-17(10-11-20,18(21,22)23)16(25)14-9-5-4-8-13(14)15(24)12-6-2-1-3-7-12/h1-9H,10-11H2. The molecule has 0 N–H and O–H groups in total. The van der Waals surface area contributed by atoms with Gasteiger partial charge in [0.1, 0.15) is 0 Å². The Kier molecular flexibility index (Phi) is 6.06. The molecule has 0 aliphatic carbocycles. The second-order valence-corrected chi connectivity index (χ2v) is 7.04. The molecule has 0 aromatic heterocycles. The number of rotatable bonds is 6. The highest BCUT2D eigenvalue weighted by Crippen LogP contribution is 2.43. The molecule has 2 nitrogen and oxygen atoms in total. The maximum atomic E-state index is 13.5. The normalized spacial score (nSPS) is 14.0. The minimum Gasteiger partial charge on any atom is -0.292 e. The zero-order chi connectivity index (χ0) is 18.7. The van der Waals surface area contributed by atoms with Crippen molar-refractivity contribution >= 4 is 39.1 Å². The van der Waals surface area contributed by atoms with E-state index in [1.54, 1.807) is 18.2 Å². The van der Waals surface area contributed by atoms with Crippen molar-refractivity contribution in [2.45, 2.75) is 16.9 Å². The van der Waals surface area contributed by atoms with Crippen LogP contribution < -0.4 is 0 Å². The Bertz CT molecular complexity index is 777. The number of hydrogen-bond donors (Lipinski definition) is 0. The van der Waals surface area contributed by atoms with E-state index >= 15 is 0 Å². The highest BCUT2D eigenvalue weighted by molar-refractivity contribution is 9.10. The van der Waals surface area contributed by atoms with Crippen LogP contribution in [0.4, 0.5) is 13.2 Å². The first kappa shape index (κ1) is 19.7. The van der Waals surface area contributed by atoms with Crippen LogP contribution in [0.3, 0.4) is 0 Å². The van der Waals surface area contributed by atoms with Crippen molar-refractivity contribution in [3.05, 3.63) is 71.3 Å². The average molecular weight is 434 g/mol. The molecule has 0 fully saturated rings. The van der Waals surface area contributed by atoms with Gasteiger partial charge in [-0.25, -0.2) is 0 Å². The number of carbonyl (C=O) groups excluding carboxylic acids is 2. The molecule has 1 unspecified atom stereocenters. The minimum atomic E-state index is -4.86. The van der Waals surface area contributed by atoms with E-state index in [0.717, 1.165) is 0 Å². The second-order valence-electron chi connectivity index (χ2n) is 5.31. The molecule has 2 rings (SSSR count). The minimum absolute atomic E-state index is 0.0821. The van der Waals surface area contributed by atoms with Gasteiger partial charge in [0.05, 0.1) is 0 Å². The van der Waals surface area contributed by atoms with Gasteiger partial charge in [-0.2, -0.15) is 13.2 Å². The van der Waals surface area contributed by atoms with Gasteiger partial charge in [-0.05, 0) is 6.42 Å². The summed E-state index contributed by atoms with van der Waals surface area (Å²) in [7, 11) is 0. The Morgan fingerprint density at radius 3 is 1.96 bits per heavy atom. The third-order valence-corrected chi connectivity index (χ3v) is 5.10. The van der Waals surface area contributed by atoms with Crippen molar-refractivity contribution in [3.8, 4) is 0 Å². The zero-order valence-corrected chi connectivity index (χ0v) is 15.2. The summed E-state index contributed by atoms with van der Waals surface area (Å²) in [5.41, 5.74) is -0.0932. The SMILES string of the molecule is O=C(c1ccccc1)c1ccccc1C(=O)C(Br)(CCCl)C(F)(F)F. The number of benzene rings is 2. The Morgan fingerprint density at radius 1 is 0.920 bits per heavy atom.